The Labute approximate surface area is 337 Å². The first-order chi connectivity index (χ1) is 28.7. The standard InChI is InChI=1S/C56H37NO/c1-3-8-38(9-4-1)43-22-29-48(30-23-43)57(49-31-24-44(25-32-49)39-10-5-2-6-11-39)50-33-26-45(27-34-50)41-16-14-40(15-17-41)42-18-20-46(21-19-42)51-36-37-54-56-52(51)35-28-47-12-7-13-53(58-54)55(47)56/h1-37H. The third-order valence-corrected chi connectivity index (χ3v) is 11.5. The van der Waals surface area contributed by atoms with Crippen LogP contribution < -0.4 is 4.90 Å². The summed E-state index contributed by atoms with van der Waals surface area (Å²) >= 11 is 0. The maximum atomic E-state index is 6.21. The topological polar surface area (TPSA) is 16.4 Å². The summed E-state index contributed by atoms with van der Waals surface area (Å²) in [5.41, 5.74) is 17.2. The van der Waals surface area contributed by atoms with Gasteiger partial charge in [-0.05, 0) is 115 Å². The minimum atomic E-state index is 0.942. The zero-order valence-corrected chi connectivity index (χ0v) is 31.7. The molecule has 0 N–H and O–H groups in total. The monoisotopic (exact) mass is 739 g/mol. The molecule has 0 aliphatic rings. The second-order valence-electron chi connectivity index (χ2n) is 14.9. The molecule has 58 heavy (non-hydrogen) atoms. The summed E-state index contributed by atoms with van der Waals surface area (Å²) < 4.78 is 6.21. The van der Waals surface area contributed by atoms with Gasteiger partial charge in [0.05, 0.1) is 0 Å². The minimum absolute atomic E-state index is 0.942. The van der Waals surface area contributed by atoms with Crippen LogP contribution in [0.2, 0.25) is 0 Å². The van der Waals surface area contributed by atoms with Gasteiger partial charge in [-0.2, -0.15) is 0 Å². The Hall–Kier alpha value is -7.68. The van der Waals surface area contributed by atoms with Crippen LogP contribution in [0.5, 0.6) is 0 Å². The molecule has 272 valence electrons. The lowest BCUT2D eigenvalue weighted by Crippen LogP contribution is -2.09. The number of nitrogens with zero attached hydrogens (tertiary/aromatic N) is 1. The van der Waals surface area contributed by atoms with Crippen molar-refractivity contribution in [1.29, 1.82) is 0 Å². The molecular weight excluding hydrogens is 703 g/mol. The summed E-state index contributed by atoms with van der Waals surface area (Å²) in [5.74, 6) is 0. The molecule has 0 aliphatic carbocycles. The molecule has 0 saturated carbocycles. The predicted octanol–water partition coefficient (Wildman–Crippen LogP) is 16.0. The van der Waals surface area contributed by atoms with Gasteiger partial charge in [0.25, 0.3) is 0 Å². The lowest BCUT2D eigenvalue weighted by molar-refractivity contribution is 0.669. The van der Waals surface area contributed by atoms with Gasteiger partial charge in [-0.25, -0.2) is 0 Å². The minimum Gasteiger partial charge on any atom is -0.456 e. The lowest BCUT2D eigenvalue weighted by Gasteiger charge is -2.26. The van der Waals surface area contributed by atoms with E-state index in [-0.39, 0.29) is 0 Å². The van der Waals surface area contributed by atoms with E-state index in [1.807, 2.05) is 0 Å². The maximum absolute atomic E-state index is 6.21. The van der Waals surface area contributed by atoms with Crippen molar-refractivity contribution in [2.45, 2.75) is 0 Å². The summed E-state index contributed by atoms with van der Waals surface area (Å²) in [4.78, 5) is 2.33. The Morgan fingerprint density at radius 1 is 0.259 bits per heavy atom. The van der Waals surface area contributed by atoms with E-state index in [0.29, 0.717) is 0 Å². The molecule has 0 saturated heterocycles. The zero-order chi connectivity index (χ0) is 38.4. The third-order valence-electron chi connectivity index (χ3n) is 11.5. The van der Waals surface area contributed by atoms with Crippen molar-refractivity contribution in [3.05, 3.63) is 224 Å². The van der Waals surface area contributed by atoms with Crippen LogP contribution in [0.4, 0.5) is 17.1 Å². The summed E-state index contributed by atoms with van der Waals surface area (Å²) in [6.07, 6.45) is 0. The highest BCUT2D eigenvalue weighted by molar-refractivity contribution is 6.24. The van der Waals surface area contributed by atoms with Gasteiger partial charge < -0.3 is 9.32 Å². The van der Waals surface area contributed by atoms with Crippen LogP contribution in [0.3, 0.4) is 0 Å². The zero-order valence-electron chi connectivity index (χ0n) is 31.7. The van der Waals surface area contributed by atoms with Crippen LogP contribution in [0.25, 0.3) is 88.3 Å². The van der Waals surface area contributed by atoms with E-state index in [1.54, 1.807) is 0 Å². The highest BCUT2D eigenvalue weighted by Gasteiger charge is 2.17. The molecule has 2 nitrogen and oxygen atoms in total. The Morgan fingerprint density at radius 3 is 1.12 bits per heavy atom. The largest absolute Gasteiger partial charge is 0.456 e. The Bertz CT molecular complexity index is 3060. The van der Waals surface area contributed by atoms with Crippen LogP contribution in [-0.4, -0.2) is 0 Å². The van der Waals surface area contributed by atoms with Gasteiger partial charge in [-0.15, -0.1) is 0 Å². The van der Waals surface area contributed by atoms with E-state index in [2.05, 4.69) is 229 Å². The van der Waals surface area contributed by atoms with Crippen molar-refractivity contribution in [3.8, 4) is 55.6 Å². The normalized spacial score (nSPS) is 11.4. The van der Waals surface area contributed by atoms with Crippen molar-refractivity contribution in [3.63, 3.8) is 0 Å². The average Bonchev–Trinajstić information content (AvgIpc) is 3.70. The molecule has 0 amide bonds. The highest BCUT2D eigenvalue weighted by Crippen LogP contribution is 2.42. The fourth-order valence-electron chi connectivity index (χ4n) is 8.51. The van der Waals surface area contributed by atoms with E-state index < -0.39 is 0 Å². The van der Waals surface area contributed by atoms with E-state index >= 15 is 0 Å². The molecule has 0 radical (unpaired) electrons. The average molecular weight is 740 g/mol. The van der Waals surface area contributed by atoms with Gasteiger partial charge in [0, 0.05) is 27.8 Å². The van der Waals surface area contributed by atoms with E-state index in [4.69, 9.17) is 4.42 Å². The number of anilines is 3. The first-order valence-electron chi connectivity index (χ1n) is 19.8. The molecule has 10 aromatic carbocycles. The number of rotatable bonds is 8. The Kier molecular flexibility index (Phi) is 8.19. The molecule has 2 heteroatoms. The molecule has 11 aromatic rings. The second-order valence-corrected chi connectivity index (χ2v) is 14.9. The van der Waals surface area contributed by atoms with E-state index in [0.717, 1.165) is 28.2 Å². The molecule has 1 heterocycles. The van der Waals surface area contributed by atoms with Gasteiger partial charge in [-0.1, -0.05) is 176 Å². The molecule has 0 fully saturated rings. The smallest absolute Gasteiger partial charge is 0.136 e. The van der Waals surface area contributed by atoms with E-state index in [9.17, 15) is 0 Å². The van der Waals surface area contributed by atoms with Crippen LogP contribution in [0.1, 0.15) is 0 Å². The summed E-state index contributed by atoms with van der Waals surface area (Å²) in [6, 6.07) is 80.6. The van der Waals surface area contributed by atoms with Gasteiger partial charge in [0.15, 0.2) is 0 Å². The third kappa shape index (κ3) is 6.00. The number of furan rings is 1. The van der Waals surface area contributed by atoms with Crippen LogP contribution in [0.15, 0.2) is 229 Å². The van der Waals surface area contributed by atoms with Crippen molar-refractivity contribution >= 4 is 49.8 Å². The first-order valence-corrected chi connectivity index (χ1v) is 19.8. The van der Waals surface area contributed by atoms with Crippen molar-refractivity contribution in [2.24, 2.45) is 0 Å². The van der Waals surface area contributed by atoms with Crippen molar-refractivity contribution in [1.82, 2.24) is 0 Å². The number of hydrogen-bond acceptors (Lipinski definition) is 2. The van der Waals surface area contributed by atoms with Gasteiger partial charge in [0.2, 0.25) is 0 Å². The summed E-state index contributed by atoms with van der Waals surface area (Å²) in [7, 11) is 0. The summed E-state index contributed by atoms with van der Waals surface area (Å²) in [5, 5.41) is 4.86. The fourth-order valence-corrected chi connectivity index (χ4v) is 8.51. The van der Waals surface area contributed by atoms with Crippen molar-refractivity contribution in [2.75, 3.05) is 4.90 Å². The first kappa shape index (κ1) is 33.6. The SMILES string of the molecule is c1ccc(-c2ccc(N(c3ccc(-c4ccccc4)cc3)c3ccc(-c4ccc(-c5ccc(-c6ccc7oc8cccc9ccc6c7c98)cc5)cc4)cc3)cc2)cc1. The Balaban J connectivity index is 0.865. The Morgan fingerprint density at radius 2 is 0.655 bits per heavy atom. The van der Waals surface area contributed by atoms with E-state index in [1.165, 1.54) is 77.2 Å². The molecule has 0 aliphatic heterocycles. The highest BCUT2D eigenvalue weighted by atomic mass is 16.3. The maximum Gasteiger partial charge on any atom is 0.136 e. The quantitative estimate of drug-likeness (QED) is 0.144. The molecule has 0 unspecified atom stereocenters. The molecule has 0 atom stereocenters. The fraction of sp³-hybridized carbons (Fsp3) is 0. The molecular formula is C56H37NO. The van der Waals surface area contributed by atoms with Crippen molar-refractivity contribution < 1.29 is 4.42 Å². The molecule has 11 rings (SSSR count). The van der Waals surface area contributed by atoms with Crippen LogP contribution in [0, 0.1) is 0 Å². The number of benzene rings is 10. The van der Waals surface area contributed by atoms with Gasteiger partial charge in [-0.3, -0.25) is 0 Å². The summed E-state index contributed by atoms with van der Waals surface area (Å²) in [6.45, 7) is 0. The van der Waals surface area contributed by atoms with Gasteiger partial charge >= 0.3 is 0 Å². The van der Waals surface area contributed by atoms with Gasteiger partial charge in [0.1, 0.15) is 11.2 Å². The molecule has 0 spiro atoms. The lowest BCUT2D eigenvalue weighted by atomic mass is 9.93. The van der Waals surface area contributed by atoms with Crippen LogP contribution in [-0.2, 0) is 0 Å². The molecule has 0 bridgehead atoms. The second kappa shape index (κ2) is 14.1. The predicted molar refractivity (Wildman–Crippen MR) is 244 cm³/mol. The van der Waals surface area contributed by atoms with Crippen LogP contribution >= 0.6 is 0 Å². The molecule has 1 aromatic heterocycles. The number of hydrogen-bond donors (Lipinski definition) is 0.